The van der Waals surface area contributed by atoms with Crippen LogP contribution < -0.4 is 10.7 Å². The SMILES string of the molecule is C/C=C\C(=N/NC(=O)N1CCC(CCC)(CCNCc2ccc(C)cc2C)C1)C(=O)O. The number of amides is 2. The lowest BCUT2D eigenvalue weighted by Crippen LogP contribution is -2.39. The molecule has 0 radical (unpaired) electrons. The van der Waals surface area contributed by atoms with Crippen LogP contribution in [0.5, 0.6) is 0 Å². The molecule has 0 bridgehead atoms. The highest BCUT2D eigenvalue weighted by molar-refractivity contribution is 6.40. The molecule has 0 spiro atoms. The normalized spacial score (nSPS) is 19.2. The maximum absolute atomic E-state index is 12.5. The third kappa shape index (κ3) is 7.21. The summed E-state index contributed by atoms with van der Waals surface area (Å²) in [5, 5.41) is 16.4. The van der Waals surface area contributed by atoms with Crippen molar-refractivity contribution >= 4 is 17.7 Å². The van der Waals surface area contributed by atoms with Crippen molar-refractivity contribution in [2.45, 2.75) is 59.9 Å². The summed E-state index contributed by atoms with van der Waals surface area (Å²) in [6.07, 6.45) is 7.00. The Kier molecular flexibility index (Phi) is 9.24. The minimum Gasteiger partial charge on any atom is -0.476 e. The van der Waals surface area contributed by atoms with Gasteiger partial charge in [0.15, 0.2) is 5.71 Å². The number of aliphatic carboxylic acids is 1. The van der Waals surface area contributed by atoms with E-state index < -0.39 is 5.97 Å². The van der Waals surface area contributed by atoms with Gasteiger partial charge in [-0.2, -0.15) is 5.10 Å². The Bertz CT molecular complexity index is 834. The van der Waals surface area contributed by atoms with Gasteiger partial charge in [0.2, 0.25) is 0 Å². The zero-order valence-corrected chi connectivity index (χ0v) is 19.2. The zero-order valence-electron chi connectivity index (χ0n) is 19.2. The van der Waals surface area contributed by atoms with Crippen molar-refractivity contribution in [3.63, 3.8) is 0 Å². The molecule has 1 aliphatic heterocycles. The van der Waals surface area contributed by atoms with Crippen molar-refractivity contribution in [2.75, 3.05) is 19.6 Å². The summed E-state index contributed by atoms with van der Waals surface area (Å²) >= 11 is 0. The van der Waals surface area contributed by atoms with Crippen LogP contribution in [0.4, 0.5) is 4.79 Å². The van der Waals surface area contributed by atoms with Crippen molar-refractivity contribution in [3.05, 3.63) is 47.0 Å². The molecule has 1 aliphatic rings. The van der Waals surface area contributed by atoms with Crippen LogP contribution in [0.1, 0.15) is 56.2 Å². The molecule has 31 heavy (non-hydrogen) atoms. The lowest BCUT2D eigenvalue weighted by molar-refractivity contribution is -0.129. The van der Waals surface area contributed by atoms with Crippen LogP contribution in [0, 0.1) is 19.3 Å². The number of carbonyl (C=O) groups is 2. The summed E-state index contributed by atoms with van der Waals surface area (Å²) in [7, 11) is 0. The molecule has 0 aromatic heterocycles. The van der Waals surface area contributed by atoms with E-state index in [9.17, 15) is 9.59 Å². The number of benzene rings is 1. The van der Waals surface area contributed by atoms with Crippen LogP contribution in [0.3, 0.4) is 0 Å². The van der Waals surface area contributed by atoms with E-state index in [1.165, 1.54) is 22.8 Å². The van der Waals surface area contributed by atoms with E-state index in [-0.39, 0.29) is 17.2 Å². The second kappa shape index (κ2) is 11.6. The third-order valence-corrected chi connectivity index (χ3v) is 5.97. The summed E-state index contributed by atoms with van der Waals surface area (Å²) in [5.41, 5.74) is 6.19. The number of aryl methyl sites for hydroxylation is 2. The Morgan fingerprint density at radius 3 is 2.71 bits per heavy atom. The number of likely N-dealkylation sites (tertiary alicyclic amines) is 1. The molecule has 170 valence electrons. The molecule has 1 atom stereocenters. The van der Waals surface area contributed by atoms with Crippen molar-refractivity contribution in [1.82, 2.24) is 15.6 Å². The quantitative estimate of drug-likeness (QED) is 0.298. The van der Waals surface area contributed by atoms with E-state index in [1.54, 1.807) is 17.9 Å². The number of nitrogens with zero attached hydrogens (tertiary/aromatic N) is 2. The number of hydrazone groups is 1. The molecule has 0 saturated carbocycles. The average molecular weight is 429 g/mol. The van der Waals surface area contributed by atoms with E-state index in [2.05, 4.69) is 54.8 Å². The zero-order chi connectivity index (χ0) is 22.9. The number of rotatable bonds is 10. The number of carboxylic acids is 1. The first-order chi connectivity index (χ1) is 14.8. The summed E-state index contributed by atoms with van der Waals surface area (Å²) in [4.78, 5) is 25.4. The maximum atomic E-state index is 12.5. The predicted octanol–water partition coefficient (Wildman–Crippen LogP) is 4.00. The Labute approximate surface area is 185 Å². The van der Waals surface area contributed by atoms with Gasteiger partial charge in [-0.25, -0.2) is 15.0 Å². The highest BCUT2D eigenvalue weighted by atomic mass is 16.4. The first-order valence-corrected chi connectivity index (χ1v) is 11.1. The molecular formula is C24H36N4O3. The highest BCUT2D eigenvalue weighted by Gasteiger charge is 2.38. The van der Waals surface area contributed by atoms with Gasteiger partial charge in [-0.3, -0.25) is 0 Å². The summed E-state index contributed by atoms with van der Waals surface area (Å²) in [6.45, 7) is 11.2. The number of carbonyl (C=O) groups excluding carboxylic acids is 1. The standard InChI is InChI=1S/C24H36N4O3/c1-5-7-21(22(29)30)26-27-23(31)28-14-12-24(17-28,10-6-2)11-13-25-16-20-9-8-18(3)15-19(20)4/h5,7-9,15,25H,6,10-14,16-17H2,1-4H3,(H,27,31)(H,29,30)/b7-5-,26-21+. The molecule has 2 amide bonds. The lowest BCUT2D eigenvalue weighted by atomic mass is 9.79. The first kappa shape index (κ1) is 24.6. The van der Waals surface area contributed by atoms with Gasteiger partial charge in [0, 0.05) is 19.6 Å². The Morgan fingerprint density at radius 2 is 2.06 bits per heavy atom. The minimum absolute atomic E-state index is 0.0874. The molecule has 2 rings (SSSR count). The molecular weight excluding hydrogens is 392 g/mol. The van der Waals surface area contributed by atoms with Crippen LogP contribution in [0.2, 0.25) is 0 Å². The largest absolute Gasteiger partial charge is 0.476 e. The van der Waals surface area contributed by atoms with Gasteiger partial charge >= 0.3 is 12.0 Å². The van der Waals surface area contributed by atoms with E-state index in [0.29, 0.717) is 13.1 Å². The summed E-state index contributed by atoms with van der Waals surface area (Å²) in [6, 6.07) is 6.19. The van der Waals surface area contributed by atoms with Gasteiger partial charge in [-0.1, -0.05) is 43.2 Å². The number of allylic oxidation sites excluding steroid dienone is 1. The van der Waals surface area contributed by atoms with Crippen LogP contribution in [0.15, 0.2) is 35.5 Å². The molecule has 3 N–H and O–H groups in total. The van der Waals surface area contributed by atoms with Crippen molar-refractivity contribution in [1.29, 1.82) is 0 Å². The van der Waals surface area contributed by atoms with Gasteiger partial charge in [0.05, 0.1) is 0 Å². The maximum Gasteiger partial charge on any atom is 0.356 e. The molecule has 7 heteroatoms. The van der Waals surface area contributed by atoms with E-state index in [4.69, 9.17) is 5.11 Å². The average Bonchev–Trinajstić information content (AvgIpc) is 3.14. The molecule has 7 nitrogen and oxygen atoms in total. The fourth-order valence-corrected chi connectivity index (χ4v) is 4.29. The van der Waals surface area contributed by atoms with E-state index in [0.717, 1.165) is 38.8 Å². The number of hydrogen-bond acceptors (Lipinski definition) is 4. The number of urea groups is 1. The molecule has 0 aliphatic carbocycles. The summed E-state index contributed by atoms with van der Waals surface area (Å²) in [5.74, 6) is -1.17. The first-order valence-electron chi connectivity index (χ1n) is 11.1. The van der Waals surface area contributed by atoms with Gasteiger partial charge in [0.1, 0.15) is 0 Å². The topological polar surface area (TPSA) is 94.0 Å². The molecule has 1 saturated heterocycles. The fourth-order valence-electron chi connectivity index (χ4n) is 4.29. The van der Waals surface area contributed by atoms with Crippen molar-refractivity contribution < 1.29 is 14.7 Å². The number of hydrogen-bond donors (Lipinski definition) is 3. The van der Waals surface area contributed by atoms with Gasteiger partial charge in [0.25, 0.3) is 0 Å². The smallest absolute Gasteiger partial charge is 0.356 e. The fraction of sp³-hybridized carbons (Fsp3) is 0.542. The van der Waals surface area contributed by atoms with Crippen LogP contribution in [-0.4, -0.2) is 47.4 Å². The molecule has 1 heterocycles. The minimum atomic E-state index is -1.17. The third-order valence-electron chi connectivity index (χ3n) is 5.97. The van der Waals surface area contributed by atoms with E-state index in [1.807, 2.05) is 0 Å². The number of nitrogens with one attached hydrogen (secondary N) is 2. The van der Waals surface area contributed by atoms with Gasteiger partial charge in [-0.05, 0) is 69.2 Å². The van der Waals surface area contributed by atoms with Gasteiger partial charge in [-0.15, -0.1) is 0 Å². The molecule has 1 aromatic rings. The lowest BCUT2D eigenvalue weighted by Gasteiger charge is -2.29. The monoisotopic (exact) mass is 428 g/mol. The van der Waals surface area contributed by atoms with Crippen LogP contribution >= 0.6 is 0 Å². The highest BCUT2D eigenvalue weighted by Crippen LogP contribution is 2.38. The number of carboxylic acid groups (broad SMARTS) is 1. The van der Waals surface area contributed by atoms with Crippen LogP contribution in [0.25, 0.3) is 0 Å². The molecule has 1 fully saturated rings. The molecule has 1 unspecified atom stereocenters. The van der Waals surface area contributed by atoms with Crippen molar-refractivity contribution in [2.24, 2.45) is 10.5 Å². The van der Waals surface area contributed by atoms with E-state index >= 15 is 0 Å². The van der Waals surface area contributed by atoms with Crippen LogP contribution in [-0.2, 0) is 11.3 Å². The van der Waals surface area contributed by atoms with Gasteiger partial charge < -0.3 is 15.3 Å². The predicted molar refractivity (Wildman–Crippen MR) is 124 cm³/mol. The second-order valence-corrected chi connectivity index (χ2v) is 8.50. The Hall–Kier alpha value is -2.67. The Morgan fingerprint density at radius 1 is 1.29 bits per heavy atom. The second-order valence-electron chi connectivity index (χ2n) is 8.50. The summed E-state index contributed by atoms with van der Waals surface area (Å²) < 4.78 is 0. The molecule has 1 aromatic carbocycles. The Balaban J connectivity index is 1.90. The van der Waals surface area contributed by atoms with Crippen molar-refractivity contribution in [3.8, 4) is 0 Å².